The lowest BCUT2D eigenvalue weighted by Gasteiger charge is -2.18. The number of anilines is 2. The number of aromatic amines is 1. The van der Waals surface area contributed by atoms with Gasteiger partial charge in [-0.2, -0.15) is 0 Å². The van der Waals surface area contributed by atoms with Crippen LogP contribution in [-0.2, 0) is 4.79 Å². The van der Waals surface area contributed by atoms with Gasteiger partial charge in [-0.3, -0.25) is 14.9 Å². The summed E-state index contributed by atoms with van der Waals surface area (Å²) in [6.07, 6.45) is 1.84. The van der Waals surface area contributed by atoms with E-state index in [-0.39, 0.29) is 18.4 Å². The molecule has 0 saturated heterocycles. The number of fused-ring (bicyclic) bond motifs is 2. The van der Waals surface area contributed by atoms with Crippen LogP contribution in [0.2, 0.25) is 0 Å². The summed E-state index contributed by atoms with van der Waals surface area (Å²) < 4.78 is 5.37. The number of aromatic nitrogens is 2. The predicted octanol–water partition coefficient (Wildman–Crippen LogP) is 3.87. The number of amides is 2. The standard InChI is InChI=1S/C20H14N4O3S/c25-18-9-27-17-4-3-12(7-15(17)22-18)16-10-28-20(23-16)24-19(26)13-2-1-11-5-6-21-14(11)8-13/h1-8,10,21H,9H2,(H,22,25)(H,23,24,26). The van der Waals surface area contributed by atoms with Crippen molar-refractivity contribution < 1.29 is 14.3 Å². The zero-order chi connectivity index (χ0) is 19.1. The fraction of sp³-hybridized carbons (Fsp3) is 0.0500. The number of ether oxygens (including phenoxy) is 1. The Labute approximate surface area is 163 Å². The number of thiazole rings is 1. The van der Waals surface area contributed by atoms with E-state index in [4.69, 9.17) is 4.74 Å². The summed E-state index contributed by atoms with van der Waals surface area (Å²) in [4.78, 5) is 31.6. The minimum Gasteiger partial charge on any atom is -0.482 e. The molecule has 0 unspecified atom stereocenters. The van der Waals surface area contributed by atoms with Crippen LogP contribution >= 0.6 is 11.3 Å². The second-order valence-electron chi connectivity index (χ2n) is 6.32. The van der Waals surface area contributed by atoms with Gasteiger partial charge in [0, 0.05) is 28.2 Å². The molecule has 8 heteroatoms. The molecule has 138 valence electrons. The van der Waals surface area contributed by atoms with Gasteiger partial charge in [0.05, 0.1) is 11.4 Å². The Morgan fingerprint density at radius 2 is 2.11 bits per heavy atom. The van der Waals surface area contributed by atoms with Crippen LogP contribution in [0.5, 0.6) is 5.75 Å². The normalized spacial score (nSPS) is 12.9. The van der Waals surface area contributed by atoms with Gasteiger partial charge in [-0.25, -0.2) is 4.98 Å². The monoisotopic (exact) mass is 390 g/mol. The molecule has 1 aliphatic heterocycles. The van der Waals surface area contributed by atoms with E-state index in [0.717, 1.165) is 16.5 Å². The number of carbonyl (C=O) groups excluding carboxylic acids is 2. The summed E-state index contributed by atoms with van der Waals surface area (Å²) >= 11 is 1.34. The first-order valence-corrected chi connectivity index (χ1v) is 9.45. The average molecular weight is 390 g/mol. The molecule has 2 aromatic heterocycles. The van der Waals surface area contributed by atoms with Gasteiger partial charge in [0.15, 0.2) is 11.7 Å². The van der Waals surface area contributed by atoms with Gasteiger partial charge in [-0.1, -0.05) is 6.07 Å². The molecule has 0 saturated carbocycles. The molecule has 0 atom stereocenters. The van der Waals surface area contributed by atoms with Crippen molar-refractivity contribution in [1.82, 2.24) is 9.97 Å². The second kappa shape index (κ2) is 6.50. The van der Waals surface area contributed by atoms with Crippen molar-refractivity contribution in [3.05, 3.63) is 59.6 Å². The first-order chi connectivity index (χ1) is 13.7. The maximum Gasteiger partial charge on any atom is 0.262 e. The molecule has 4 aromatic rings. The molecular formula is C20H14N4O3S. The van der Waals surface area contributed by atoms with Crippen molar-refractivity contribution in [2.75, 3.05) is 17.2 Å². The fourth-order valence-electron chi connectivity index (χ4n) is 3.06. The van der Waals surface area contributed by atoms with Gasteiger partial charge < -0.3 is 15.0 Å². The minimum absolute atomic E-state index is 0.0213. The summed E-state index contributed by atoms with van der Waals surface area (Å²) in [5, 5.41) is 9.03. The highest BCUT2D eigenvalue weighted by atomic mass is 32.1. The summed E-state index contributed by atoms with van der Waals surface area (Å²) in [6.45, 7) is 0.0213. The highest BCUT2D eigenvalue weighted by Crippen LogP contribution is 2.33. The molecule has 1 aliphatic rings. The lowest BCUT2D eigenvalue weighted by molar-refractivity contribution is -0.118. The topological polar surface area (TPSA) is 96.1 Å². The van der Waals surface area contributed by atoms with Crippen molar-refractivity contribution in [1.29, 1.82) is 0 Å². The SMILES string of the molecule is O=C1COc2ccc(-c3csc(NC(=O)c4ccc5cc[nH]c5c4)n3)cc2N1. The number of H-pyrrole nitrogens is 1. The van der Waals surface area contributed by atoms with Gasteiger partial charge in [0.2, 0.25) is 0 Å². The fourth-order valence-corrected chi connectivity index (χ4v) is 3.78. The molecule has 0 spiro atoms. The van der Waals surface area contributed by atoms with Crippen molar-refractivity contribution in [3.8, 4) is 17.0 Å². The Hall–Kier alpha value is -3.65. The van der Waals surface area contributed by atoms with Crippen molar-refractivity contribution in [3.63, 3.8) is 0 Å². The molecule has 5 rings (SSSR count). The first-order valence-electron chi connectivity index (χ1n) is 8.57. The van der Waals surface area contributed by atoms with E-state index >= 15 is 0 Å². The third kappa shape index (κ3) is 2.99. The smallest absolute Gasteiger partial charge is 0.262 e. The quantitative estimate of drug-likeness (QED) is 0.495. The maximum atomic E-state index is 12.5. The zero-order valence-electron chi connectivity index (χ0n) is 14.5. The van der Waals surface area contributed by atoms with Crippen LogP contribution in [0, 0.1) is 0 Å². The van der Waals surface area contributed by atoms with Crippen LogP contribution in [0.1, 0.15) is 10.4 Å². The highest BCUT2D eigenvalue weighted by Gasteiger charge is 2.17. The van der Waals surface area contributed by atoms with Crippen LogP contribution in [-0.4, -0.2) is 28.4 Å². The van der Waals surface area contributed by atoms with Gasteiger partial charge in [0.1, 0.15) is 5.75 Å². The van der Waals surface area contributed by atoms with E-state index in [9.17, 15) is 9.59 Å². The summed E-state index contributed by atoms with van der Waals surface area (Å²) in [7, 11) is 0. The molecule has 0 bridgehead atoms. The van der Waals surface area contributed by atoms with Crippen LogP contribution in [0.25, 0.3) is 22.2 Å². The lowest BCUT2D eigenvalue weighted by Crippen LogP contribution is -2.25. The molecule has 28 heavy (non-hydrogen) atoms. The average Bonchev–Trinajstić information content (AvgIpc) is 3.36. The van der Waals surface area contributed by atoms with E-state index in [2.05, 4.69) is 20.6 Å². The Kier molecular flexibility index (Phi) is 3.84. The Morgan fingerprint density at radius 3 is 3.04 bits per heavy atom. The molecule has 0 radical (unpaired) electrons. The molecule has 3 heterocycles. The summed E-state index contributed by atoms with van der Waals surface area (Å²) in [6, 6.07) is 12.9. The predicted molar refractivity (Wildman–Crippen MR) is 108 cm³/mol. The minimum atomic E-state index is -0.219. The van der Waals surface area contributed by atoms with Crippen LogP contribution in [0.4, 0.5) is 10.8 Å². The molecule has 3 N–H and O–H groups in total. The molecule has 0 aliphatic carbocycles. The van der Waals surface area contributed by atoms with Crippen LogP contribution < -0.4 is 15.4 Å². The van der Waals surface area contributed by atoms with E-state index in [0.29, 0.717) is 27.8 Å². The number of hydrogen-bond donors (Lipinski definition) is 3. The largest absolute Gasteiger partial charge is 0.482 e. The van der Waals surface area contributed by atoms with E-state index in [1.165, 1.54) is 11.3 Å². The number of carbonyl (C=O) groups is 2. The lowest BCUT2D eigenvalue weighted by atomic mass is 10.1. The summed E-state index contributed by atoms with van der Waals surface area (Å²) in [5.41, 5.74) is 3.62. The highest BCUT2D eigenvalue weighted by molar-refractivity contribution is 7.14. The van der Waals surface area contributed by atoms with Crippen LogP contribution in [0.3, 0.4) is 0 Å². The second-order valence-corrected chi connectivity index (χ2v) is 7.18. The van der Waals surface area contributed by atoms with E-state index in [1.807, 2.05) is 41.9 Å². The number of benzene rings is 2. The van der Waals surface area contributed by atoms with Gasteiger partial charge in [0.25, 0.3) is 11.8 Å². The Bertz CT molecular complexity index is 1230. The number of rotatable bonds is 3. The first kappa shape index (κ1) is 16.5. The number of hydrogen-bond acceptors (Lipinski definition) is 5. The van der Waals surface area contributed by atoms with Gasteiger partial charge in [-0.15, -0.1) is 11.3 Å². The molecule has 2 amide bonds. The van der Waals surface area contributed by atoms with E-state index < -0.39 is 0 Å². The molecule has 0 fully saturated rings. The van der Waals surface area contributed by atoms with Gasteiger partial charge in [-0.05, 0) is 41.8 Å². The number of nitrogens with zero attached hydrogens (tertiary/aromatic N) is 1. The third-order valence-corrected chi connectivity index (χ3v) is 5.21. The molecule has 2 aromatic carbocycles. The Balaban J connectivity index is 1.36. The molecule has 7 nitrogen and oxygen atoms in total. The van der Waals surface area contributed by atoms with Crippen molar-refractivity contribution in [2.45, 2.75) is 0 Å². The van der Waals surface area contributed by atoms with Gasteiger partial charge >= 0.3 is 0 Å². The van der Waals surface area contributed by atoms with Crippen molar-refractivity contribution in [2.24, 2.45) is 0 Å². The van der Waals surface area contributed by atoms with Crippen LogP contribution in [0.15, 0.2) is 54.0 Å². The van der Waals surface area contributed by atoms with E-state index in [1.54, 1.807) is 12.1 Å². The number of nitrogens with one attached hydrogen (secondary N) is 3. The van der Waals surface area contributed by atoms with Crippen molar-refractivity contribution >= 4 is 44.9 Å². The summed E-state index contributed by atoms with van der Waals surface area (Å²) in [5.74, 6) is 0.227. The molecular weight excluding hydrogens is 376 g/mol. The zero-order valence-corrected chi connectivity index (χ0v) is 15.3. The third-order valence-electron chi connectivity index (χ3n) is 4.45. The maximum absolute atomic E-state index is 12.5. The Morgan fingerprint density at radius 1 is 1.18 bits per heavy atom.